The van der Waals surface area contributed by atoms with Crippen molar-refractivity contribution in [2.45, 2.75) is 32.4 Å². The summed E-state index contributed by atoms with van der Waals surface area (Å²) in [7, 11) is 1.85. The van der Waals surface area contributed by atoms with Crippen LogP contribution in [0.15, 0.2) is 30.6 Å². The Morgan fingerprint density at radius 1 is 1.20 bits per heavy atom. The molecule has 0 bridgehead atoms. The molecule has 1 saturated heterocycles. The van der Waals surface area contributed by atoms with Gasteiger partial charge in [0.15, 0.2) is 0 Å². The molecule has 3 aromatic rings. The van der Waals surface area contributed by atoms with E-state index in [9.17, 15) is 14.4 Å². The predicted molar refractivity (Wildman–Crippen MR) is 104 cm³/mol. The average molecular weight is 405 g/mol. The summed E-state index contributed by atoms with van der Waals surface area (Å²) < 4.78 is 3.41. The lowest BCUT2D eigenvalue weighted by Gasteiger charge is -2.29. The minimum atomic E-state index is -0.628. The Balaban J connectivity index is 1.43. The second kappa shape index (κ2) is 6.61. The van der Waals surface area contributed by atoms with Crippen LogP contribution in [0.5, 0.6) is 0 Å². The molecule has 5 rings (SSSR count). The van der Waals surface area contributed by atoms with Gasteiger partial charge >= 0.3 is 0 Å². The Morgan fingerprint density at radius 2 is 2.03 bits per heavy atom. The molecule has 1 unspecified atom stereocenters. The third-order valence-corrected chi connectivity index (χ3v) is 5.63. The number of benzene rings is 1. The van der Waals surface area contributed by atoms with Crippen molar-refractivity contribution in [3.8, 4) is 17.1 Å². The number of nitrogens with one attached hydrogen (secondary N) is 1. The predicted octanol–water partition coefficient (Wildman–Crippen LogP) is 0.737. The fourth-order valence-electron chi connectivity index (χ4n) is 4.12. The van der Waals surface area contributed by atoms with E-state index in [2.05, 4.69) is 20.7 Å². The smallest absolute Gasteiger partial charge is 0.255 e. The Bertz CT molecular complexity index is 1190. The maximum absolute atomic E-state index is 12.8. The molecule has 1 aromatic carbocycles. The zero-order valence-electron chi connectivity index (χ0n) is 16.5. The number of carbonyl (C=O) groups is 3. The number of aryl methyl sites for hydroxylation is 2. The highest BCUT2D eigenvalue weighted by Gasteiger charge is 2.39. The molecule has 0 aliphatic carbocycles. The van der Waals surface area contributed by atoms with E-state index in [0.29, 0.717) is 24.2 Å². The van der Waals surface area contributed by atoms with Gasteiger partial charge in [0.25, 0.3) is 5.91 Å². The van der Waals surface area contributed by atoms with Gasteiger partial charge < -0.3 is 4.90 Å². The highest BCUT2D eigenvalue weighted by atomic mass is 16.2. The third-order valence-electron chi connectivity index (χ3n) is 5.63. The number of rotatable bonds is 3. The SMILES string of the molecule is Cc1cnn(C)c1-c1cn(-c2ccc3c(c2)CN(C2CCC(=O)NC2=O)C3=O)nn1. The van der Waals surface area contributed by atoms with E-state index in [1.807, 2.05) is 26.2 Å². The summed E-state index contributed by atoms with van der Waals surface area (Å²) in [6, 6.07) is 4.81. The number of imide groups is 1. The second-order valence-electron chi connectivity index (χ2n) is 7.59. The Morgan fingerprint density at radius 3 is 2.77 bits per heavy atom. The van der Waals surface area contributed by atoms with Crippen LogP contribution in [0.2, 0.25) is 0 Å². The lowest BCUT2D eigenvalue weighted by Crippen LogP contribution is -2.52. The van der Waals surface area contributed by atoms with Crippen LogP contribution in [-0.2, 0) is 23.2 Å². The largest absolute Gasteiger partial charge is 0.322 e. The minimum Gasteiger partial charge on any atom is -0.322 e. The fraction of sp³-hybridized carbons (Fsp3) is 0.300. The lowest BCUT2D eigenvalue weighted by atomic mass is 10.0. The highest BCUT2D eigenvalue weighted by Crippen LogP contribution is 2.29. The Kier molecular flexibility index (Phi) is 4.02. The highest BCUT2D eigenvalue weighted by molar-refractivity contribution is 6.05. The number of hydrogen-bond acceptors (Lipinski definition) is 6. The summed E-state index contributed by atoms with van der Waals surface area (Å²) >= 11 is 0. The normalized spacial score (nSPS) is 18.7. The van der Waals surface area contributed by atoms with Gasteiger partial charge in [0.2, 0.25) is 11.8 Å². The van der Waals surface area contributed by atoms with Gasteiger partial charge in [-0.2, -0.15) is 5.10 Å². The van der Waals surface area contributed by atoms with Gasteiger partial charge in [-0.3, -0.25) is 24.4 Å². The van der Waals surface area contributed by atoms with Crippen molar-refractivity contribution < 1.29 is 14.4 Å². The first-order valence-electron chi connectivity index (χ1n) is 9.61. The number of amides is 3. The molecule has 2 aromatic heterocycles. The van der Waals surface area contributed by atoms with Gasteiger partial charge in [-0.1, -0.05) is 5.21 Å². The zero-order valence-corrected chi connectivity index (χ0v) is 16.5. The average Bonchev–Trinajstić information content (AvgIpc) is 3.40. The molecule has 2 aliphatic rings. The molecule has 1 N–H and O–H groups in total. The number of piperidine rings is 1. The van der Waals surface area contributed by atoms with Gasteiger partial charge in [-0.15, -0.1) is 5.10 Å². The van der Waals surface area contributed by atoms with Crippen LogP contribution in [0.1, 0.15) is 34.3 Å². The van der Waals surface area contributed by atoms with E-state index in [1.165, 1.54) is 4.90 Å². The molecule has 1 atom stereocenters. The van der Waals surface area contributed by atoms with Crippen LogP contribution in [0.4, 0.5) is 0 Å². The van der Waals surface area contributed by atoms with E-state index in [4.69, 9.17) is 0 Å². The first-order chi connectivity index (χ1) is 14.4. The van der Waals surface area contributed by atoms with E-state index in [-0.39, 0.29) is 18.2 Å². The Labute approximate surface area is 171 Å². The number of fused-ring (bicyclic) bond motifs is 1. The molecule has 0 radical (unpaired) electrons. The maximum Gasteiger partial charge on any atom is 0.255 e. The topological polar surface area (TPSA) is 115 Å². The summed E-state index contributed by atoms with van der Waals surface area (Å²) in [5.41, 5.74) is 4.74. The van der Waals surface area contributed by atoms with Gasteiger partial charge in [0.1, 0.15) is 11.7 Å². The standard InChI is InChI=1S/C20H19N7O3/c1-11-8-21-25(2)18(11)15-10-27(24-23-15)13-3-4-14-12(7-13)9-26(20(14)30)16-5-6-17(28)22-19(16)29/h3-4,7-8,10,16H,5-6,9H2,1-2H3,(H,22,28,29). The molecule has 4 heterocycles. The molecule has 3 amide bonds. The molecule has 0 saturated carbocycles. The summed E-state index contributed by atoms with van der Waals surface area (Å²) in [6.07, 6.45) is 4.17. The van der Waals surface area contributed by atoms with E-state index in [1.54, 1.807) is 27.7 Å². The molecular formula is C20H19N7O3. The van der Waals surface area contributed by atoms with Crippen molar-refractivity contribution in [1.82, 2.24) is 35.0 Å². The molecule has 152 valence electrons. The molecule has 10 heteroatoms. The van der Waals surface area contributed by atoms with Gasteiger partial charge in [-0.05, 0) is 42.7 Å². The number of carbonyl (C=O) groups excluding carboxylic acids is 3. The van der Waals surface area contributed by atoms with Crippen LogP contribution in [0.25, 0.3) is 17.1 Å². The number of hydrogen-bond donors (Lipinski definition) is 1. The van der Waals surface area contributed by atoms with Crippen molar-refractivity contribution in [2.24, 2.45) is 7.05 Å². The fourth-order valence-corrected chi connectivity index (χ4v) is 4.12. The van der Waals surface area contributed by atoms with Crippen LogP contribution in [-0.4, -0.2) is 53.4 Å². The van der Waals surface area contributed by atoms with Crippen LogP contribution < -0.4 is 5.32 Å². The first-order valence-corrected chi connectivity index (χ1v) is 9.61. The summed E-state index contributed by atoms with van der Waals surface area (Å²) in [5, 5.41) is 15.0. The summed E-state index contributed by atoms with van der Waals surface area (Å²) in [5.74, 6) is -0.913. The van der Waals surface area contributed by atoms with Crippen LogP contribution >= 0.6 is 0 Å². The minimum absolute atomic E-state index is 0.198. The van der Waals surface area contributed by atoms with Crippen LogP contribution in [0.3, 0.4) is 0 Å². The van der Waals surface area contributed by atoms with Crippen molar-refractivity contribution in [3.05, 3.63) is 47.3 Å². The summed E-state index contributed by atoms with van der Waals surface area (Å²) in [4.78, 5) is 38.0. The van der Waals surface area contributed by atoms with Crippen LogP contribution in [0, 0.1) is 6.92 Å². The molecular weight excluding hydrogens is 386 g/mol. The quantitative estimate of drug-likeness (QED) is 0.643. The van der Waals surface area contributed by atoms with E-state index >= 15 is 0 Å². The molecule has 1 fully saturated rings. The maximum atomic E-state index is 12.8. The van der Waals surface area contributed by atoms with Crippen molar-refractivity contribution >= 4 is 17.7 Å². The zero-order chi connectivity index (χ0) is 21.0. The molecule has 10 nitrogen and oxygen atoms in total. The molecule has 2 aliphatic heterocycles. The molecule has 30 heavy (non-hydrogen) atoms. The Hall–Kier alpha value is -3.82. The second-order valence-corrected chi connectivity index (χ2v) is 7.59. The number of nitrogens with zero attached hydrogens (tertiary/aromatic N) is 6. The van der Waals surface area contributed by atoms with Gasteiger partial charge in [0.05, 0.1) is 23.8 Å². The first kappa shape index (κ1) is 18.2. The lowest BCUT2D eigenvalue weighted by molar-refractivity contribution is -0.136. The van der Waals surface area contributed by atoms with Crippen molar-refractivity contribution in [1.29, 1.82) is 0 Å². The third kappa shape index (κ3) is 2.79. The monoisotopic (exact) mass is 405 g/mol. The summed E-state index contributed by atoms with van der Waals surface area (Å²) in [6.45, 7) is 2.28. The van der Waals surface area contributed by atoms with Gasteiger partial charge in [-0.25, -0.2) is 4.68 Å². The van der Waals surface area contributed by atoms with E-state index < -0.39 is 11.9 Å². The number of aromatic nitrogens is 5. The van der Waals surface area contributed by atoms with Crippen molar-refractivity contribution in [2.75, 3.05) is 0 Å². The van der Waals surface area contributed by atoms with Gasteiger partial charge in [0, 0.05) is 25.6 Å². The van der Waals surface area contributed by atoms with Crippen molar-refractivity contribution in [3.63, 3.8) is 0 Å². The van der Waals surface area contributed by atoms with E-state index in [0.717, 1.165) is 22.5 Å². The molecule has 0 spiro atoms.